The Hall–Kier alpha value is -2.48. The zero-order chi connectivity index (χ0) is 16.1. The third kappa shape index (κ3) is 2.26. The van der Waals surface area contributed by atoms with E-state index >= 15 is 0 Å². The molecule has 23 heavy (non-hydrogen) atoms. The molecule has 118 valence electrons. The van der Waals surface area contributed by atoms with Crippen molar-refractivity contribution in [2.45, 2.75) is 13.0 Å². The number of carbonyl (C=O) groups is 3. The first-order valence-corrected chi connectivity index (χ1v) is 8.00. The summed E-state index contributed by atoms with van der Waals surface area (Å²) in [7, 11) is 0. The Morgan fingerprint density at radius 2 is 2.13 bits per heavy atom. The Kier molecular flexibility index (Phi) is 3.08. The van der Waals surface area contributed by atoms with E-state index in [1.54, 1.807) is 22.3 Å². The fourth-order valence-electron chi connectivity index (χ4n) is 2.86. The van der Waals surface area contributed by atoms with Crippen molar-refractivity contribution in [3.8, 4) is 0 Å². The van der Waals surface area contributed by atoms with Crippen LogP contribution in [0.15, 0.2) is 18.2 Å². The van der Waals surface area contributed by atoms with E-state index in [1.165, 1.54) is 0 Å². The molecule has 0 spiro atoms. The van der Waals surface area contributed by atoms with Gasteiger partial charge in [0.2, 0.25) is 0 Å². The number of benzene rings is 1. The smallest absolute Gasteiger partial charge is 0.417 e. The number of likely N-dealkylation sites (tertiary alicyclic amines) is 1. The number of ether oxygens (including phenoxy) is 1. The largest absolute Gasteiger partial charge is 0.439 e. The topological polar surface area (TPSA) is 79.8 Å². The first-order chi connectivity index (χ1) is 11.0. The molecule has 0 saturated carbocycles. The van der Waals surface area contributed by atoms with Gasteiger partial charge in [-0.2, -0.15) is 0 Å². The predicted molar refractivity (Wildman–Crippen MR) is 82.2 cm³/mol. The van der Waals surface area contributed by atoms with Crippen molar-refractivity contribution in [2.24, 2.45) is 0 Å². The van der Waals surface area contributed by atoms with Crippen LogP contribution in [0.3, 0.4) is 0 Å². The second-order valence-electron chi connectivity index (χ2n) is 5.60. The Morgan fingerprint density at radius 3 is 2.83 bits per heavy atom. The van der Waals surface area contributed by atoms with Gasteiger partial charge in [0.05, 0.1) is 21.3 Å². The second kappa shape index (κ2) is 5.02. The molecular weight excluding hydrogens is 318 g/mol. The van der Waals surface area contributed by atoms with Gasteiger partial charge in [-0.25, -0.2) is 14.7 Å². The molecule has 2 aromatic rings. The Balaban J connectivity index is 1.48. The number of carbonyl (C=O) groups excluding carboxylic acids is 3. The van der Waals surface area contributed by atoms with Crippen LogP contribution in [0, 0.1) is 6.92 Å². The third-order valence-corrected chi connectivity index (χ3v) is 4.98. The summed E-state index contributed by atoms with van der Waals surface area (Å²) in [6.07, 6.45) is -0.617. The Labute approximate surface area is 135 Å². The number of hydrogen-bond acceptors (Lipinski definition) is 6. The zero-order valence-electron chi connectivity index (χ0n) is 12.3. The monoisotopic (exact) mass is 331 g/mol. The lowest BCUT2D eigenvalue weighted by atomic mass is 10.0. The van der Waals surface area contributed by atoms with Crippen molar-refractivity contribution in [2.75, 3.05) is 19.7 Å². The van der Waals surface area contributed by atoms with Crippen molar-refractivity contribution in [1.29, 1.82) is 0 Å². The number of aromatic nitrogens is 1. The van der Waals surface area contributed by atoms with E-state index in [0.717, 1.165) is 20.1 Å². The van der Waals surface area contributed by atoms with E-state index in [4.69, 9.17) is 4.74 Å². The molecule has 0 unspecified atom stereocenters. The molecule has 2 aliphatic rings. The molecule has 4 rings (SSSR count). The van der Waals surface area contributed by atoms with Crippen molar-refractivity contribution in [3.05, 3.63) is 28.8 Å². The number of imide groups is 1. The number of thiazole rings is 1. The van der Waals surface area contributed by atoms with Gasteiger partial charge in [-0.15, -0.1) is 11.3 Å². The Morgan fingerprint density at radius 1 is 1.35 bits per heavy atom. The Bertz CT molecular complexity index is 824. The maximum atomic E-state index is 12.5. The van der Waals surface area contributed by atoms with Gasteiger partial charge in [0, 0.05) is 18.7 Å². The van der Waals surface area contributed by atoms with Crippen LogP contribution in [-0.2, 0) is 9.53 Å². The number of amides is 3. The van der Waals surface area contributed by atoms with E-state index in [1.807, 2.05) is 19.1 Å². The van der Waals surface area contributed by atoms with E-state index in [-0.39, 0.29) is 24.5 Å². The fraction of sp³-hybridized carbons (Fsp3) is 0.333. The number of hydrogen-bond donors (Lipinski definition) is 0. The van der Waals surface area contributed by atoms with E-state index in [2.05, 4.69) is 4.98 Å². The van der Waals surface area contributed by atoms with Gasteiger partial charge in [-0.1, -0.05) is 0 Å². The van der Waals surface area contributed by atoms with Gasteiger partial charge in [0.25, 0.3) is 11.8 Å². The summed E-state index contributed by atoms with van der Waals surface area (Å²) in [5, 5.41) is 0.958. The molecule has 0 atom stereocenters. The number of nitrogens with zero attached hydrogens (tertiary/aromatic N) is 3. The SMILES string of the molecule is Cc1nc2ccc(C(=O)N3CC(N4C(=O)COC4=O)C3)cc2s1. The molecular formula is C15H13N3O4S. The average molecular weight is 331 g/mol. The fourth-order valence-corrected chi connectivity index (χ4v) is 3.72. The number of rotatable bonds is 2. The first kappa shape index (κ1) is 14.1. The molecule has 3 amide bonds. The molecule has 3 heterocycles. The van der Waals surface area contributed by atoms with Crippen LogP contribution in [0.5, 0.6) is 0 Å². The molecule has 0 N–H and O–H groups in total. The summed E-state index contributed by atoms with van der Waals surface area (Å²) in [6, 6.07) is 5.15. The highest BCUT2D eigenvalue weighted by Gasteiger charge is 2.44. The van der Waals surface area contributed by atoms with Crippen molar-refractivity contribution in [1.82, 2.24) is 14.8 Å². The first-order valence-electron chi connectivity index (χ1n) is 7.18. The molecule has 2 saturated heterocycles. The lowest BCUT2D eigenvalue weighted by Crippen LogP contribution is -2.62. The molecule has 2 fully saturated rings. The molecule has 7 nitrogen and oxygen atoms in total. The maximum Gasteiger partial charge on any atom is 0.417 e. The lowest BCUT2D eigenvalue weighted by molar-refractivity contribution is -0.129. The maximum absolute atomic E-state index is 12.5. The van der Waals surface area contributed by atoms with Crippen molar-refractivity contribution < 1.29 is 19.1 Å². The number of cyclic esters (lactones) is 1. The highest BCUT2D eigenvalue weighted by atomic mass is 32.1. The van der Waals surface area contributed by atoms with Crippen LogP contribution in [-0.4, -0.2) is 58.4 Å². The summed E-state index contributed by atoms with van der Waals surface area (Å²) >= 11 is 1.55. The molecule has 2 aliphatic heterocycles. The van der Waals surface area contributed by atoms with Crippen LogP contribution < -0.4 is 0 Å². The average Bonchev–Trinajstić information content (AvgIpc) is 3.00. The third-order valence-electron chi connectivity index (χ3n) is 4.04. The van der Waals surface area contributed by atoms with Gasteiger partial charge >= 0.3 is 6.09 Å². The van der Waals surface area contributed by atoms with Crippen LogP contribution >= 0.6 is 11.3 Å². The van der Waals surface area contributed by atoms with E-state index in [9.17, 15) is 14.4 Å². The molecule has 0 radical (unpaired) electrons. The minimum Gasteiger partial charge on any atom is -0.439 e. The standard InChI is InChI=1S/C15H13N3O4S/c1-8-16-11-3-2-9(4-12(11)23-8)14(20)17-5-10(6-17)18-13(19)7-22-15(18)21/h2-4,10H,5-7H2,1H3. The van der Waals surface area contributed by atoms with Crippen molar-refractivity contribution >= 4 is 39.5 Å². The van der Waals surface area contributed by atoms with Gasteiger partial charge < -0.3 is 9.64 Å². The van der Waals surface area contributed by atoms with Crippen LogP contribution in [0.25, 0.3) is 10.2 Å². The van der Waals surface area contributed by atoms with Gasteiger partial charge in [0.1, 0.15) is 0 Å². The van der Waals surface area contributed by atoms with E-state index < -0.39 is 6.09 Å². The molecule has 1 aromatic carbocycles. The van der Waals surface area contributed by atoms with Crippen LogP contribution in [0.1, 0.15) is 15.4 Å². The summed E-state index contributed by atoms with van der Waals surface area (Å²) in [5.41, 5.74) is 1.48. The van der Waals surface area contributed by atoms with E-state index in [0.29, 0.717) is 18.7 Å². The normalized spacial score (nSPS) is 18.5. The highest BCUT2D eigenvalue weighted by Crippen LogP contribution is 2.25. The summed E-state index contributed by atoms with van der Waals surface area (Å²) in [6.45, 7) is 2.42. The second-order valence-corrected chi connectivity index (χ2v) is 6.83. The summed E-state index contributed by atoms with van der Waals surface area (Å²) in [4.78, 5) is 42.7. The summed E-state index contributed by atoms with van der Waals surface area (Å²) in [5.74, 6) is -0.442. The minimum atomic E-state index is -0.617. The van der Waals surface area contributed by atoms with Gasteiger partial charge in [0.15, 0.2) is 6.61 Å². The van der Waals surface area contributed by atoms with Gasteiger partial charge in [-0.05, 0) is 25.1 Å². The predicted octanol–water partition coefficient (Wildman–Crippen LogP) is 1.41. The molecule has 1 aromatic heterocycles. The molecule has 8 heteroatoms. The van der Waals surface area contributed by atoms with Crippen LogP contribution in [0.2, 0.25) is 0 Å². The van der Waals surface area contributed by atoms with Crippen molar-refractivity contribution in [3.63, 3.8) is 0 Å². The summed E-state index contributed by atoms with van der Waals surface area (Å²) < 4.78 is 5.67. The zero-order valence-corrected chi connectivity index (χ0v) is 13.1. The molecule has 0 aliphatic carbocycles. The number of aryl methyl sites for hydroxylation is 1. The van der Waals surface area contributed by atoms with Crippen LogP contribution in [0.4, 0.5) is 4.79 Å². The highest BCUT2D eigenvalue weighted by molar-refractivity contribution is 7.18. The number of fused-ring (bicyclic) bond motifs is 1. The minimum absolute atomic E-state index is 0.103. The van der Waals surface area contributed by atoms with Gasteiger partial charge in [-0.3, -0.25) is 9.59 Å². The quantitative estimate of drug-likeness (QED) is 0.831. The molecule has 0 bridgehead atoms. The lowest BCUT2D eigenvalue weighted by Gasteiger charge is -2.41.